The molecule has 1 fully saturated rings. The number of benzene rings is 3. The van der Waals surface area contributed by atoms with Crippen LogP contribution in [0.3, 0.4) is 0 Å². The predicted molar refractivity (Wildman–Crippen MR) is 127 cm³/mol. The molecule has 7 heteroatoms. The summed E-state index contributed by atoms with van der Waals surface area (Å²) in [6.07, 6.45) is 0. The molecule has 5 rings (SSSR count). The van der Waals surface area contributed by atoms with Gasteiger partial charge in [0.1, 0.15) is 17.6 Å². The predicted octanol–water partition coefficient (Wildman–Crippen LogP) is 5.68. The third-order valence-electron chi connectivity index (χ3n) is 5.71. The molecule has 1 aromatic heterocycles. The summed E-state index contributed by atoms with van der Waals surface area (Å²) in [6.45, 7) is 3.85. The Morgan fingerprint density at radius 1 is 1.00 bits per heavy atom. The van der Waals surface area contributed by atoms with Gasteiger partial charge in [-0.1, -0.05) is 65.4 Å². The second-order valence-electron chi connectivity index (χ2n) is 8.02. The molecule has 164 valence electrons. The Labute approximate surface area is 193 Å². The molecule has 1 saturated heterocycles. The fraction of sp³-hybridized carbons (Fsp3) is 0.115. The van der Waals surface area contributed by atoms with Crippen LogP contribution in [0.2, 0.25) is 0 Å². The van der Waals surface area contributed by atoms with Crippen molar-refractivity contribution < 1.29 is 19.1 Å². The fourth-order valence-corrected chi connectivity index (χ4v) is 5.10. The van der Waals surface area contributed by atoms with Crippen LogP contribution in [0.5, 0.6) is 0 Å². The Kier molecular flexibility index (Phi) is 5.06. The highest BCUT2D eigenvalue weighted by Gasteiger charge is 2.49. The molecule has 1 aliphatic heterocycles. The number of aromatic nitrogens is 1. The lowest BCUT2D eigenvalue weighted by Gasteiger charge is -2.23. The Balaban J connectivity index is 1.75. The van der Waals surface area contributed by atoms with E-state index in [1.807, 2.05) is 32.0 Å². The van der Waals surface area contributed by atoms with E-state index in [4.69, 9.17) is 0 Å². The number of thiazole rings is 1. The number of fused-ring (bicyclic) bond motifs is 1. The summed E-state index contributed by atoms with van der Waals surface area (Å²) in [6, 6.07) is 17.4. The number of anilines is 1. The third kappa shape index (κ3) is 3.50. The molecule has 1 amide bonds. The molecule has 4 aromatic rings. The summed E-state index contributed by atoms with van der Waals surface area (Å²) < 4.78 is 15.8. The van der Waals surface area contributed by atoms with Crippen LogP contribution in [0.15, 0.2) is 72.3 Å². The summed E-state index contributed by atoms with van der Waals surface area (Å²) in [5.41, 5.74) is 3.01. The average Bonchev–Trinajstić information content (AvgIpc) is 3.32. The van der Waals surface area contributed by atoms with E-state index in [1.54, 1.807) is 30.3 Å². The van der Waals surface area contributed by atoms with Crippen molar-refractivity contribution in [3.8, 4) is 0 Å². The lowest BCUT2D eigenvalue weighted by Crippen LogP contribution is -2.29. The van der Waals surface area contributed by atoms with Crippen molar-refractivity contribution in [3.63, 3.8) is 0 Å². The number of rotatable bonds is 3. The first kappa shape index (κ1) is 21.0. The van der Waals surface area contributed by atoms with Gasteiger partial charge in [0.15, 0.2) is 5.13 Å². The van der Waals surface area contributed by atoms with Gasteiger partial charge in [0.25, 0.3) is 5.78 Å². The van der Waals surface area contributed by atoms with E-state index in [9.17, 15) is 19.1 Å². The van der Waals surface area contributed by atoms with Crippen molar-refractivity contribution in [2.45, 2.75) is 19.9 Å². The average molecular weight is 459 g/mol. The minimum Gasteiger partial charge on any atom is -0.507 e. The number of aliphatic hydroxyl groups excluding tert-OH is 1. The van der Waals surface area contributed by atoms with Gasteiger partial charge < -0.3 is 5.11 Å². The molecule has 5 nitrogen and oxygen atoms in total. The van der Waals surface area contributed by atoms with Crippen LogP contribution < -0.4 is 4.90 Å². The number of carbonyl (C=O) groups is 2. The summed E-state index contributed by atoms with van der Waals surface area (Å²) in [4.78, 5) is 32.1. The van der Waals surface area contributed by atoms with E-state index in [-0.39, 0.29) is 22.0 Å². The van der Waals surface area contributed by atoms with Gasteiger partial charge in [0.2, 0.25) is 0 Å². The van der Waals surface area contributed by atoms with Crippen LogP contribution in [0.25, 0.3) is 16.0 Å². The fourth-order valence-electron chi connectivity index (χ4n) is 4.01. The quantitative estimate of drug-likeness (QED) is 0.244. The number of Topliss-reactive ketones (excluding diaryl/α,β-unsaturated/α-hetero) is 1. The molecular formula is C26H19FN2O3S. The first-order valence-electron chi connectivity index (χ1n) is 10.3. The molecule has 0 spiro atoms. The van der Waals surface area contributed by atoms with Gasteiger partial charge in [-0.2, -0.15) is 0 Å². The van der Waals surface area contributed by atoms with Gasteiger partial charge >= 0.3 is 5.91 Å². The normalized spacial score (nSPS) is 17.8. The molecule has 1 unspecified atom stereocenters. The van der Waals surface area contributed by atoms with E-state index in [0.29, 0.717) is 11.1 Å². The van der Waals surface area contributed by atoms with Crippen molar-refractivity contribution in [1.29, 1.82) is 0 Å². The maximum Gasteiger partial charge on any atom is 0.301 e. The molecular weight excluding hydrogens is 439 g/mol. The second kappa shape index (κ2) is 7.94. The number of ketones is 1. The molecule has 2 heterocycles. The molecule has 33 heavy (non-hydrogen) atoms. The summed E-state index contributed by atoms with van der Waals surface area (Å²) in [5, 5.41) is 11.4. The van der Waals surface area contributed by atoms with Crippen molar-refractivity contribution in [3.05, 3.63) is 100 Å². The zero-order chi connectivity index (χ0) is 23.3. The Morgan fingerprint density at radius 2 is 1.70 bits per heavy atom. The topological polar surface area (TPSA) is 70.5 Å². The molecule has 1 atom stereocenters. The van der Waals surface area contributed by atoms with Crippen LogP contribution in [0.4, 0.5) is 9.52 Å². The van der Waals surface area contributed by atoms with E-state index in [2.05, 4.69) is 4.98 Å². The van der Waals surface area contributed by atoms with Crippen molar-refractivity contribution in [2.75, 3.05) is 4.90 Å². The van der Waals surface area contributed by atoms with Crippen molar-refractivity contribution in [2.24, 2.45) is 0 Å². The minimum absolute atomic E-state index is 0.112. The Morgan fingerprint density at radius 3 is 2.42 bits per heavy atom. The molecule has 0 saturated carbocycles. The maximum absolute atomic E-state index is 15.0. The number of aliphatic hydroxyl groups is 1. The van der Waals surface area contributed by atoms with Crippen molar-refractivity contribution in [1.82, 2.24) is 4.98 Å². The van der Waals surface area contributed by atoms with Crippen LogP contribution in [0, 0.1) is 19.7 Å². The van der Waals surface area contributed by atoms with Gasteiger partial charge in [-0.15, -0.1) is 0 Å². The summed E-state index contributed by atoms with van der Waals surface area (Å²) in [7, 11) is 0. The maximum atomic E-state index is 15.0. The molecule has 0 aliphatic carbocycles. The highest BCUT2D eigenvalue weighted by molar-refractivity contribution is 7.22. The van der Waals surface area contributed by atoms with Crippen LogP contribution in [-0.2, 0) is 9.59 Å². The van der Waals surface area contributed by atoms with Crippen LogP contribution in [-0.4, -0.2) is 21.8 Å². The monoisotopic (exact) mass is 458 g/mol. The number of amides is 1. The van der Waals surface area contributed by atoms with Gasteiger partial charge in [-0.05, 0) is 37.6 Å². The summed E-state index contributed by atoms with van der Waals surface area (Å²) in [5.74, 6) is -2.66. The zero-order valence-corrected chi connectivity index (χ0v) is 18.7. The highest BCUT2D eigenvalue weighted by Crippen LogP contribution is 2.44. The molecule has 0 radical (unpaired) electrons. The lowest BCUT2D eigenvalue weighted by molar-refractivity contribution is -0.132. The number of aryl methyl sites for hydroxylation is 2. The number of hydrogen-bond acceptors (Lipinski definition) is 5. The van der Waals surface area contributed by atoms with Gasteiger partial charge in [-0.25, -0.2) is 9.37 Å². The second-order valence-corrected chi connectivity index (χ2v) is 9.03. The lowest BCUT2D eigenvalue weighted by atomic mass is 9.95. The Bertz CT molecular complexity index is 1460. The van der Waals surface area contributed by atoms with Crippen molar-refractivity contribution >= 4 is 44.1 Å². The van der Waals surface area contributed by atoms with Gasteiger partial charge in [0, 0.05) is 11.1 Å². The number of halogens is 1. The first-order chi connectivity index (χ1) is 15.8. The van der Waals surface area contributed by atoms with E-state index >= 15 is 0 Å². The molecule has 1 N–H and O–H groups in total. The molecule has 1 aliphatic rings. The SMILES string of the molecule is Cc1ccc(C(O)=C2C(=O)C(=O)N(c3nc4ccc(C)cc4s3)C2c2ccccc2F)cc1. The third-order valence-corrected chi connectivity index (χ3v) is 6.73. The summed E-state index contributed by atoms with van der Waals surface area (Å²) >= 11 is 1.25. The standard InChI is InChI=1S/C26H19FN2O3S/c1-14-7-10-16(11-8-14)23(30)21-22(17-5-3-4-6-18(17)27)29(25(32)24(21)31)26-28-19-12-9-15(2)13-20(19)33-26/h3-13,22,30H,1-2H3. The number of carbonyl (C=O) groups excluding carboxylic acids is 2. The first-order valence-corrected chi connectivity index (χ1v) is 11.2. The smallest absolute Gasteiger partial charge is 0.301 e. The minimum atomic E-state index is -1.14. The van der Waals surface area contributed by atoms with Crippen LogP contribution >= 0.6 is 11.3 Å². The van der Waals surface area contributed by atoms with E-state index in [0.717, 1.165) is 15.8 Å². The zero-order valence-electron chi connectivity index (χ0n) is 17.9. The number of nitrogens with zero attached hydrogens (tertiary/aromatic N) is 2. The van der Waals surface area contributed by atoms with E-state index in [1.165, 1.54) is 34.4 Å². The number of hydrogen-bond donors (Lipinski definition) is 1. The van der Waals surface area contributed by atoms with Crippen LogP contribution in [0.1, 0.15) is 28.3 Å². The van der Waals surface area contributed by atoms with E-state index < -0.39 is 23.5 Å². The van der Waals surface area contributed by atoms with Gasteiger partial charge in [0.05, 0.1) is 15.8 Å². The Hall–Kier alpha value is -3.84. The molecule has 3 aromatic carbocycles. The highest BCUT2D eigenvalue weighted by atomic mass is 32.1. The molecule has 0 bridgehead atoms. The van der Waals surface area contributed by atoms with Gasteiger partial charge in [-0.3, -0.25) is 14.5 Å². The largest absolute Gasteiger partial charge is 0.507 e.